The topological polar surface area (TPSA) is 92.5 Å². The Morgan fingerprint density at radius 2 is 1.96 bits per heavy atom. The maximum Gasteiger partial charge on any atom is 0.261 e. The molecule has 0 bridgehead atoms. The molecule has 0 atom stereocenters. The van der Waals surface area contributed by atoms with Crippen molar-refractivity contribution in [2.75, 3.05) is 18.4 Å². The SMILES string of the molecule is Cc1noc(C(C)C)c1C(=O)Nc1cccc(S(=O)(=O)N2CCCC2)c1. The minimum atomic E-state index is -3.53. The summed E-state index contributed by atoms with van der Waals surface area (Å²) in [5.74, 6) is 0.169. The van der Waals surface area contributed by atoms with Gasteiger partial charge in [-0.05, 0) is 38.0 Å². The lowest BCUT2D eigenvalue weighted by Crippen LogP contribution is -2.28. The van der Waals surface area contributed by atoms with Crippen LogP contribution in [0.2, 0.25) is 0 Å². The molecule has 1 saturated heterocycles. The third-order valence-electron chi connectivity index (χ3n) is 4.44. The fraction of sp³-hybridized carbons (Fsp3) is 0.444. The molecule has 0 saturated carbocycles. The van der Waals surface area contributed by atoms with E-state index in [-0.39, 0.29) is 16.7 Å². The summed E-state index contributed by atoms with van der Waals surface area (Å²) in [4.78, 5) is 12.9. The largest absolute Gasteiger partial charge is 0.360 e. The number of amides is 1. The molecule has 2 aromatic rings. The van der Waals surface area contributed by atoms with Crippen molar-refractivity contribution in [1.82, 2.24) is 9.46 Å². The molecular weight excluding hydrogens is 354 g/mol. The smallest absolute Gasteiger partial charge is 0.261 e. The summed E-state index contributed by atoms with van der Waals surface area (Å²) in [6, 6.07) is 6.33. The number of rotatable bonds is 5. The van der Waals surface area contributed by atoms with Crippen LogP contribution in [0.5, 0.6) is 0 Å². The Bertz CT molecular complexity index is 912. The van der Waals surface area contributed by atoms with Crippen molar-refractivity contribution in [2.45, 2.75) is 44.4 Å². The van der Waals surface area contributed by atoms with E-state index in [1.165, 1.54) is 10.4 Å². The van der Waals surface area contributed by atoms with E-state index in [0.717, 1.165) is 12.8 Å². The third-order valence-corrected chi connectivity index (χ3v) is 6.33. The van der Waals surface area contributed by atoms with Gasteiger partial charge in [-0.3, -0.25) is 4.79 Å². The molecule has 1 aliphatic heterocycles. The highest BCUT2D eigenvalue weighted by Gasteiger charge is 2.28. The summed E-state index contributed by atoms with van der Waals surface area (Å²) in [6.07, 6.45) is 1.75. The van der Waals surface area contributed by atoms with Gasteiger partial charge < -0.3 is 9.84 Å². The van der Waals surface area contributed by atoms with E-state index >= 15 is 0 Å². The summed E-state index contributed by atoms with van der Waals surface area (Å²) >= 11 is 0. The molecule has 2 heterocycles. The lowest BCUT2D eigenvalue weighted by atomic mass is 10.0. The normalized spacial score (nSPS) is 15.5. The Balaban J connectivity index is 1.86. The summed E-state index contributed by atoms with van der Waals surface area (Å²) in [7, 11) is -3.53. The maximum atomic E-state index is 12.7. The van der Waals surface area contributed by atoms with Gasteiger partial charge in [0.2, 0.25) is 10.0 Å². The van der Waals surface area contributed by atoms with Gasteiger partial charge in [-0.2, -0.15) is 4.31 Å². The van der Waals surface area contributed by atoms with Crippen molar-refractivity contribution >= 4 is 21.6 Å². The highest BCUT2D eigenvalue weighted by Crippen LogP contribution is 2.25. The number of carbonyl (C=O) groups excluding carboxylic acids is 1. The van der Waals surface area contributed by atoms with Crippen molar-refractivity contribution in [2.24, 2.45) is 0 Å². The molecule has 7 nitrogen and oxygen atoms in total. The molecular formula is C18H23N3O4S. The first kappa shape index (κ1) is 18.6. The molecule has 1 aromatic carbocycles. The van der Waals surface area contributed by atoms with Gasteiger partial charge in [-0.25, -0.2) is 8.42 Å². The second kappa shape index (κ2) is 7.20. The van der Waals surface area contributed by atoms with Gasteiger partial charge in [-0.15, -0.1) is 0 Å². The Labute approximate surface area is 153 Å². The number of hydrogen-bond acceptors (Lipinski definition) is 5. The monoisotopic (exact) mass is 377 g/mol. The van der Waals surface area contributed by atoms with Crippen molar-refractivity contribution < 1.29 is 17.7 Å². The minimum Gasteiger partial charge on any atom is -0.360 e. The minimum absolute atomic E-state index is 0.0128. The first-order chi connectivity index (χ1) is 12.3. The van der Waals surface area contributed by atoms with Crippen molar-refractivity contribution in [3.8, 4) is 0 Å². The fourth-order valence-electron chi connectivity index (χ4n) is 3.06. The average molecular weight is 377 g/mol. The molecule has 1 fully saturated rings. The predicted octanol–water partition coefficient (Wildman–Crippen LogP) is 3.14. The molecule has 3 rings (SSSR count). The Morgan fingerprint density at radius 1 is 1.27 bits per heavy atom. The third kappa shape index (κ3) is 3.52. The summed E-state index contributed by atoms with van der Waals surface area (Å²) in [6.45, 7) is 6.62. The molecule has 0 radical (unpaired) electrons. The number of benzene rings is 1. The van der Waals surface area contributed by atoms with E-state index in [1.807, 2.05) is 13.8 Å². The molecule has 1 amide bonds. The van der Waals surface area contributed by atoms with Crippen LogP contribution < -0.4 is 5.32 Å². The number of sulfonamides is 1. The standard InChI is InChI=1S/C18H23N3O4S/c1-12(2)17-16(13(3)20-25-17)18(22)19-14-7-6-8-15(11-14)26(23,24)21-9-4-5-10-21/h6-8,11-12H,4-5,9-10H2,1-3H3,(H,19,22). The molecule has 1 aliphatic rings. The summed E-state index contributed by atoms with van der Waals surface area (Å²) in [5.41, 5.74) is 1.32. The molecule has 0 spiro atoms. The first-order valence-electron chi connectivity index (χ1n) is 8.68. The van der Waals surface area contributed by atoms with Crippen LogP contribution in [0.3, 0.4) is 0 Å². The zero-order valence-electron chi connectivity index (χ0n) is 15.2. The number of carbonyl (C=O) groups is 1. The highest BCUT2D eigenvalue weighted by molar-refractivity contribution is 7.89. The molecule has 8 heteroatoms. The second-order valence-corrected chi connectivity index (χ2v) is 8.69. The van der Waals surface area contributed by atoms with Crippen LogP contribution in [-0.2, 0) is 10.0 Å². The van der Waals surface area contributed by atoms with Crippen LogP contribution in [0, 0.1) is 6.92 Å². The number of aromatic nitrogens is 1. The van der Waals surface area contributed by atoms with Crippen molar-refractivity contribution in [3.63, 3.8) is 0 Å². The van der Waals surface area contributed by atoms with Crippen LogP contribution in [0.25, 0.3) is 0 Å². The number of nitrogens with zero attached hydrogens (tertiary/aromatic N) is 2. The molecule has 0 unspecified atom stereocenters. The molecule has 140 valence electrons. The average Bonchev–Trinajstić information content (AvgIpc) is 3.24. The van der Waals surface area contributed by atoms with E-state index in [4.69, 9.17) is 4.52 Å². The van der Waals surface area contributed by atoms with Gasteiger partial charge in [0.15, 0.2) is 5.76 Å². The number of aryl methyl sites for hydroxylation is 1. The lowest BCUT2D eigenvalue weighted by molar-refractivity contribution is 0.102. The van der Waals surface area contributed by atoms with E-state index in [0.29, 0.717) is 35.8 Å². The zero-order chi connectivity index (χ0) is 18.9. The van der Waals surface area contributed by atoms with Crippen LogP contribution >= 0.6 is 0 Å². The van der Waals surface area contributed by atoms with Gasteiger partial charge in [0, 0.05) is 24.7 Å². The molecule has 0 aliphatic carbocycles. The van der Waals surface area contributed by atoms with E-state index < -0.39 is 10.0 Å². The van der Waals surface area contributed by atoms with Crippen LogP contribution in [0.4, 0.5) is 5.69 Å². The number of anilines is 1. The highest BCUT2D eigenvalue weighted by atomic mass is 32.2. The second-order valence-electron chi connectivity index (χ2n) is 6.76. The van der Waals surface area contributed by atoms with E-state index in [9.17, 15) is 13.2 Å². The van der Waals surface area contributed by atoms with E-state index in [2.05, 4.69) is 10.5 Å². The van der Waals surface area contributed by atoms with Gasteiger partial charge in [-0.1, -0.05) is 25.1 Å². The predicted molar refractivity (Wildman–Crippen MR) is 97.7 cm³/mol. The summed E-state index contributed by atoms with van der Waals surface area (Å²) < 4.78 is 32.1. The van der Waals surface area contributed by atoms with Crippen LogP contribution in [-0.4, -0.2) is 36.9 Å². The van der Waals surface area contributed by atoms with Crippen molar-refractivity contribution in [3.05, 3.63) is 41.3 Å². The molecule has 1 aromatic heterocycles. The maximum absolute atomic E-state index is 12.7. The Kier molecular flexibility index (Phi) is 5.15. The number of hydrogen-bond donors (Lipinski definition) is 1. The molecule has 1 N–H and O–H groups in total. The fourth-order valence-corrected chi connectivity index (χ4v) is 4.63. The van der Waals surface area contributed by atoms with E-state index in [1.54, 1.807) is 25.1 Å². The van der Waals surface area contributed by atoms with Gasteiger partial charge in [0.05, 0.1) is 10.6 Å². The quantitative estimate of drug-likeness (QED) is 0.864. The Morgan fingerprint density at radius 3 is 2.62 bits per heavy atom. The first-order valence-corrected chi connectivity index (χ1v) is 10.1. The van der Waals surface area contributed by atoms with Crippen LogP contribution in [0.15, 0.2) is 33.7 Å². The van der Waals surface area contributed by atoms with Crippen molar-refractivity contribution in [1.29, 1.82) is 0 Å². The van der Waals surface area contributed by atoms with Crippen LogP contribution in [0.1, 0.15) is 54.4 Å². The van der Waals surface area contributed by atoms with Gasteiger partial charge in [0.25, 0.3) is 5.91 Å². The number of nitrogens with one attached hydrogen (secondary N) is 1. The summed E-state index contributed by atoms with van der Waals surface area (Å²) in [5, 5.41) is 6.63. The zero-order valence-corrected chi connectivity index (χ0v) is 16.0. The lowest BCUT2D eigenvalue weighted by Gasteiger charge is -2.16. The van der Waals surface area contributed by atoms with Gasteiger partial charge in [0.1, 0.15) is 5.56 Å². The molecule has 26 heavy (non-hydrogen) atoms. The van der Waals surface area contributed by atoms with Gasteiger partial charge >= 0.3 is 0 Å². The Hall–Kier alpha value is -2.19.